The van der Waals surface area contributed by atoms with Crippen molar-refractivity contribution in [3.8, 4) is 5.75 Å². The summed E-state index contributed by atoms with van der Waals surface area (Å²) in [6, 6.07) is 16.1. The fourth-order valence-electron chi connectivity index (χ4n) is 4.41. The topological polar surface area (TPSA) is 54.5 Å². The van der Waals surface area contributed by atoms with Gasteiger partial charge >= 0.3 is 0 Å². The van der Waals surface area contributed by atoms with Crippen LogP contribution in [0.4, 0.5) is 10.1 Å². The molecular formula is C23H22FN3O2. The molecule has 5 nitrogen and oxygen atoms in total. The van der Waals surface area contributed by atoms with Crippen molar-refractivity contribution in [2.45, 2.75) is 18.9 Å². The summed E-state index contributed by atoms with van der Waals surface area (Å²) in [6.07, 6.45) is 3.63. The van der Waals surface area contributed by atoms with Crippen molar-refractivity contribution >= 4 is 22.5 Å². The van der Waals surface area contributed by atoms with Crippen LogP contribution in [0.25, 0.3) is 10.9 Å². The molecule has 1 saturated carbocycles. The number of halogens is 1. The Labute approximate surface area is 168 Å². The molecule has 0 atom stereocenters. The number of para-hydroxylation sites is 1. The van der Waals surface area contributed by atoms with Crippen molar-refractivity contribution in [3.63, 3.8) is 0 Å². The highest BCUT2D eigenvalue weighted by molar-refractivity contribution is 5.85. The molecule has 1 N–H and O–H groups in total. The van der Waals surface area contributed by atoms with Crippen LogP contribution in [0.1, 0.15) is 12.8 Å². The number of anilines is 1. The van der Waals surface area contributed by atoms with Gasteiger partial charge in [0.25, 0.3) is 0 Å². The highest BCUT2D eigenvalue weighted by Gasteiger charge is 2.54. The Balaban J connectivity index is 1.13. The fraction of sp³-hybridized carbons (Fsp3) is 0.304. The smallest absolute Gasteiger partial charge is 0.241 e. The quantitative estimate of drug-likeness (QED) is 0.718. The summed E-state index contributed by atoms with van der Waals surface area (Å²) >= 11 is 0. The monoisotopic (exact) mass is 391 g/mol. The van der Waals surface area contributed by atoms with Crippen LogP contribution >= 0.6 is 0 Å². The number of likely N-dealkylation sites (tertiary alicyclic amines) is 1. The van der Waals surface area contributed by atoms with Gasteiger partial charge in [0, 0.05) is 35.8 Å². The molecule has 2 aliphatic rings. The number of fused-ring (bicyclic) bond motifs is 1. The first-order valence-electron chi connectivity index (χ1n) is 9.88. The second kappa shape index (κ2) is 7.03. The molecule has 1 spiro atoms. The van der Waals surface area contributed by atoms with Crippen LogP contribution in [0.15, 0.2) is 60.8 Å². The van der Waals surface area contributed by atoms with Gasteiger partial charge in [0.05, 0.1) is 12.1 Å². The van der Waals surface area contributed by atoms with Gasteiger partial charge in [-0.1, -0.05) is 18.2 Å². The number of carbonyl (C=O) groups is 1. The highest BCUT2D eigenvalue weighted by Crippen LogP contribution is 2.50. The Morgan fingerprint density at radius 1 is 1.17 bits per heavy atom. The van der Waals surface area contributed by atoms with Crippen molar-refractivity contribution in [2.24, 2.45) is 5.41 Å². The largest absolute Gasteiger partial charge is 0.490 e. The molecule has 2 heterocycles. The molecule has 1 saturated heterocycles. The summed E-state index contributed by atoms with van der Waals surface area (Å²) in [4.78, 5) is 18.5. The number of amides is 1. The molecule has 29 heavy (non-hydrogen) atoms. The number of benzene rings is 2. The fourth-order valence-corrected chi connectivity index (χ4v) is 4.41. The predicted molar refractivity (Wildman–Crippen MR) is 109 cm³/mol. The summed E-state index contributed by atoms with van der Waals surface area (Å²) < 4.78 is 19.7. The molecule has 2 aromatic carbocycles. The van der Waals surface area contributed by atoms with E-state index < -0.39 is 0 Å². The molecule has 2 fully saturated rings. The molecule has 1 amide bonds. The van der Waals surface area contributed by atoms with E-state index in [0.717, 1.165) is 37.1 Å². The first-order chi connectivity index (χ1) is 14.1. The third-order valence-electron chi connectivity index (χ3n) is 5.90. The third-order valence-corrected chi connectivity index (χ3v) is 5.90. The van der Waals surface area contributed by atoms with Crippen molar-refractivity contribution < 1.29 is 13.9 Å². The number of nitrogens with one attached hydrogen (secondary N) is 1. The van der Waals surface area contributed by atoms with Crippen molar-refractivity contribution in [1.29, 1.82) is 0 Å². The van der Waals surface area contributed by atoms with Gasteiger partial charge in [-0.25, -0.2) is 4.39 Å². The van der Waals surface area contributed by atoms with Gasteiger partial charge in [0.15, 0.2) is 0 Å². The van der Waals surface area contributed by atoms with Crippen molar-refractivity contribution in [3.05, 3.63) is 66.6 Å². The van der Waals surface area contributed by atoms with Crippen LogP contribution in [0, 0.1) is 11.2 Å². The summed E-state index contributed by atoms with van der Waals surface area (Å²) in [6.45, 7) is 1.89. The normalized spacial score (nSPS) is 17.6. The van der Waals surface area contributed by atoms with E-state index in [1.807, 2.05) is 35.2 Å². The van der Waals surface area contributed by atoms with Crippen LogP contribution < -0.4 is 10.1 Å². The van der Waals surface area contributed by atoms with Crippen LogP contribution in [0.3, 0.4) is 0 Å². The molecular weight excluding hydrogens is 369 g/mol. The number of hydrogen-bond acceptors (Lipinski definition) is 4. The van der Waals surface area contributed by atoms with Gasteiger partial charge in [0.2, 0.25) is 5.91 Å². The molecule has 5 rings (SSSR count). The van der Waals surface area contributed by atoms with Crippen molar-refractivity contribution in [1.82, 2.24) is 9.88 Å². The predicted octanol–water partition coefficient (Wildman–Crippen LogP) is 3.86. The minimum absolute atomic E-state index is 0.101. The molecule has 1 aromatic heterocycles. The number of nitrogens with zero attached hydrogens (tertiary/aromatic N) is 2. The van der Waals surface area contributed by atoms with Crippen LogP contribution in [-0.2, 0) is 4.79 Å². The molecule has 6 heteroatoms. The Morgan fingerprint density at radius 3 is 2.76 bits per heavy atom. The Kier molecular flexibility index (Phi) is 4.34. The standard InChI is InChI=1S/C23H22FN3O2/c24-16-6-7-20-19(10-16)21(8-9-25-20)29-18-11-23(12-18)14-27(15-23)22(28)13-26-17-4-2-1-3-5-17/h1-10,18,26H,11-15H2. The lowest BCUT2D eigenvalue weighted by Gasteiger charge is -2.58. The lowest BCUT2D eigenvalue weighted by molar-refractivity contribution is -0.158. The highest BCUT2D eigenvalue weighted by atomic mass is 19.1. The molecule has 0 unspecified atom stereocenters. The SMILES string of the molecule is O=C(CNc1ccccc1)N1CC2(CC(Oc3ccnc4ccc(F)cc34)C2)C1. The lowest BCUT2D eigenvalue weighted by atomic mass is 9.61. The third kappa shape index (κ3) is 3.50. The van der Waals surface area contributed by atoms with Crippen LogP contribution in [0.2, 0.25) is 0 Å². The maximum atomic E-state index is 13.6. The summed E-state index contributed by atoms with van der Waals surface area (Å²) in [5.41, 5.74) is 1.86. The van der Waals surface area contributed by atoms with Gasteiger partial charge in [0.1, 0.15) is 17.7 Å². The average molecular weight is 391 g/mol. The first kappa shape index (κ1) is 17.9. The van der Waals surface area contributed by atoms with Crippen LogP contribution in [-0.4, -0.2) is 41.5 Å². The van der Waals surface area contributed by atoms with Gasteiger partial charge in [-0.2, -0.15) is 0 Å². The van der Waals surface area contributed by atoms with E-state index in [1.54, 1.807) is 18.3 Å². The molecule has 148 valence electrons. The molecule has 0 radical (unpaired) electrons. The van der Waals surface area contributed by atoms with Gasteiger partial charge in [-0.05, 0) is 49.2 Å². The zero-order valence-electron chi connectivity index (χ0n) is 16.0. The van der Waals surface area contributed by atoms with E-state index in [0.29, 0.717) is 17.7 Å². The maximum absolute atomic E-state index is 13.6. The summed E-state index contributed by atoms with van der Waals surface area (Å²) in [7, 11) is 0. The molecule has 1 aliphatic heterocycles. The number of aromatic nitrogens is 1. The summed E-state index contributed by atoms with van der Waals surface area (Å²) in [5, 5.41) is 3.87. The average Bonchev–Trinajstić information content (AvgIpc) is 2.68. The maximum Gasteiger partial charge on any atom is 0.241 e. The molecule has 3 aromatic rings. The van der Waals surface area contributed by atoms with E-state index in [4.69, 9.17) is 4.74 Å². The minimum Gasteiger partial charge on any atom is -0.490 e. The summed E-state index contributed by atoms with van der Waals surface area (Å²) in [5.74, 6) is 0.505. The van der Waals surface area contributed by atoms with E-state index >= 15 is 0 Å². The Morgan fingerprint density at radius 2 is 1.97 bits per heavy atom. The lowest BCUT2D eigenvalue weighted by Crippen LogP contribution is -2.66. The van der Waals surface area contributed by atoms with Gasteiger partial charge < -0.3 is 15.0 Å². The molecule has 1 aliphatic carbocycles. The van der Waals surface area contributed by atoms with Crippen molar-refractivity contribution in [2.75, 3.05) is 25.0 Å². The minimum atomic E-state index is -0.294. The molecule has 0 bridgehead atoms. The Bertz CT molecular complexity index is 1040. The van der Waals surface area contributed by atoms with E-state index in [2.05, 4.69) is 10.3 Å². The zero-order valence-corrected chi connectivity index (χ0v) is 16.0. The zero-order chi connectivity index (χ0) is 19.8. The first-order valence-corrected chi connectivity index (χ1v) is 9.88. The Hall–Kier alpha value is -3.15. The van der Waals surface area contributed by atoms with E-state index in [9.17, 15) is 9.18 Å². The number of rotatable bonds is 5. The van der Waals surface area contributed by atoms with Crippen LogP contribution in [0.5, 0.6) is 5.75 Å². The van der Waals surface area contributed by atoms with E-state index in [-0.39, 0.29) is 23.2 Å². The van der Waals surface area contributed by atoms with Gasteiger partial charge in [-0.3, -0.25) is 9.78 Å². The second-order valence-electron chi connectivity index (χ2n) is 8.09. The number of carbonyl (C=O) groups excluding carboxylic acids is 1. The number of ether oxygens (including phenoxy) is 1. The number of hydrogen-bond donors (Lipinski definition) is 1. The number of pyridine rings is 1. The van der Waals surface area contributed by atoms with E-state index in [1.165, 1.54) is 12.1 Å². The second-order valence-corrected chi connectivity index (χ2v) is 8.09. The van der Waals surface area contributed by atoms with Gasteiger partial charge in [-0.15, -0.1) is 0 Å².